The molecule has 0 amide bonds. The molecule has 0 aliphatic carbocycles. The van der Waals surface area contributed by atoms with Gasteiger partial charge in [-0.25, -0.2) is 0 Å². The normalized spacial score (nSPS) is 11.2. The molecule has 0 saturated carbocycles. The van der Waals surface area contributed by atoms with Gasteiger partial charge < -0.3 is 0 Å². The van der Waals surface area contributed by atoms with Crippen LogP contribution in [0.5, 0.6) is 0 Å². The van der Waals surface area contributed by atoms with Gasteiger partial charge in [0.1, 0.15) is 0 Å². The maximum atomic E-state index is 4.48. The zero-order chi connectivity index (χ0) is 27.1. The molecule has 40 heavy (non-hydrogen) atoms. The van der Waals surface area contributed by atoms with Crippen molar-refractivity contribution in [3.8, 4) is 44.5 Å². The molecule has 0 fully saturated rings. The van der Waals surface area contributed by atoms with Crippen LogP contribution in [-0.2, 0) is 0 Å². The summed E-state index contributed by atoms with van der Waals surface area (Å²) < 4.78 is 0. The van der Waals surface area contributed by atoms with Gasteiger partial charge in [-0.05, 0) is 98.1 Å². The molecule has 0 saturated heterocycles. The minimum atomic E-state index is 1.03. The first-order chi connectivity index (χ1) is 19.7. The van der Waals surface area contributed by atoms with E-state index in [1.807, 2.05) is 25.5 Å². The Labute approximate surface area is 234 Å². The summed E-state index contributed by atoms with van der Waals surface area (Å²) in [4.78, 5) is 8.78. The average molecular weight is 513 g/mol. The Morgan fingerprint density at radius 2 is 1.02 bits per heavy atom. The minimum absolute atomic E-state index is 1.03. The average Bonchev–Trinajstić information content (AvgIpc) is 3.00. The molecule has 0 atom stereocenters. The number of hydrogen-bond acceptors (Lipinski definition) is 2. The maximum absolute atomic E-state index is 4.48. The highest BCUT2D eigenvalue weighted by atomic mass is 14.7. The van der Waals surface area contributed by atoms with Gasteiger partial charge in [0.2, 0.25) is 0 Å². The molecule has 0 aliphatic rings. The zero-order valence-electron chi connectivity index (χ0n) is 22.6. The molecule has 7 rings (SSSR count). The lowest BCUT2D eigenvalue weighted by Gasteiger charge is -2.18. The SMILES string of the molecule is Cc1ccc(-c2ccc(-c3c4ccccc4c(-c4cccc(-c5ccncc5C)c4)c4ccccc34)cc2)cn1. The van der Waals surface area contributed by atoms with Crippen LogP contribution >= 0.6 is 0 Å². The first-order valence-corrected chi connectivity index (χ1v) is 13.7. The van der Waals surface area contributed by atoms with Crippen LogP contribution in [0.2, 0.25) is 0 Å². The van der Waals surface area contributed by atoms with Gasteiger partial charge in [0.05, 0.1) is 0 Å². The molecule has 0 bridgehead atoms. The fraction of sp³-hybridized carbons (Fsp3) is 0.0526. The maximum Gasteiger partial charge on any atom is 0.0373 e. The van der Waals surface area contributed by atoms with Crippen LogP contribution in [0, 0.1) is 13.8 Å². The highest BCUT2D eigenvalue weighted by Crippen LogP contribution is 2.44. The van der Waals surface area contributed by atoms with Crippen molar-refractivity contribution in [2.75, 3.05) is 0 Å². The number of aryl methyl sites for hydroxylation is 2. The van der Waals surface area contributed by atoms with Crippen molar-refractivity contribution in [2.24, 2.45) is 0 Å². The predicted octanol–water partition coefficient (Wildman–Crippen LogP) is 10.1. The lowest BCUT2D eigenvalue weighted by Crippen LogP contribution is -1.92. The Bertz CT molecular complexity index is 1950. The highest BCUT2D eigenvalue weighted by molar-refractivity contribution is 6.21. The van der Waals surface area contributed by atoms with Crippen LogP contribution in [0.4, 0.5) is 0 Å². The van der Waals surface area contributed by atoms with Crippen molar-refractivity contribution in [2.45, 2.75) is 13.8 Å². The second kappa shape index (κ2) is 9.91. The summed E-state index contributed by atoms with van der Waals surface area (Å²) in [7, 11) is 0. The van der Waals surface area contributed by atoms with Gasteiger partial charge in [-0.3, -0.25) is 9.97 Å². The highest BCUT2D eigenvalue weighted by Gasteiger charge is 2.17. The van der Waals surface area contributed by atoms with Crippen LogP contribution in [0.3, 0.4) is 0 Å². The Morgan fingerprint density at radius 3 is 1.62 bits per heavy atom. The smallest absolute Gasteiger partial charge is 0.0373 e. The number of aromatic nitrogens is 2. The molecule has 190 valence electrons. The lowest BCUT2D eigenvalue weighted by molar-refractivity contribution is 1.20. The second-order valence-electron chi connectivity index (χ2n) is 10.4. The van der Waals surface area contributed by atoms with Crippen LogP contribution < -0.4 is 0 Å². The van der Waals surface area contributed by atoms with E-state index in [0.29, 0.717) is 0 Å². The van der Waals surface area contributed by atoms with Crippen LogP contribution in [-0.4, -0.2) is 9.97 Å². The van der Waals surface area contributed by atoms with Gasteiger partial charge in [-0.1, -0.05) is 97.1 Å². The van der Waals surface area contributed by atoms with E-state index in [9.17, 15) is 0 Å². The Morgan fingerprint density at radius 1 is 0.450 bits per heavy atom. The van der Waals surface area contributed by atoms with E-state index in [1.54, 1.807) is 0 Å². The van der Waals surface area contributed by atoms with Crippen molar-refractivity contribution in [1.82, 2.24) is 9.97 Å². The quantitative estimate of drug-likeness (QED) is 0.219. The number of pyridine rings is 2. The van der Waals surface area contributed by atoms with Crippen LogP contribution in [0.1, 0.15) is 11.3 Å². The summed E-state index contributed by atoms with van der Waals surface area (Å²) in [6.45, 7) is 4.14. The largest absolute Gasteiger partial charge is 0.264 e. The Balaban J connectivity index is 1.45. The molecule has 2 heteroatoms. The van der Waals surface area contributed by atoms with Crippen molar-refractivity contribution in [3.05, 3.63) is 145 Å². The Hall–Kier alpha value is -5.08. The summed E-state index contributed by atoms with van der Waals surface area (Å²) in [6, 6.07) is 41.8. The fourth-order valence-corrected chi connectivity index (χ4v) is 5.86. The lowest BCUT2D eigenvalue weighted by atomic mass is 9.85. The van der Waals surface area contributed by atoms with Crippen molar-refractivity contribution in [3.63, 3.8) is 0 Å². The zero-order valence-corrected chi connectivity index (χ0v) is 22.6. The second-order valence-corrected chi connectivity index (χ2v) is 10.4. The molecule has 7 aromatic rings. The summed E-state index contributed by atoms with van der Waals surface area (Å²) in [6.07, 6.45) is 5.75. The summed E-state index contributed by atoms with van der Waals surface area (Å²) in [5.74, 6) is 0. The molecule has 0 spiro atoms. The number of hydrogen-bond donors (Lipinski definition) is 0. The molecular weight excluding hydrogens is 484 g/mol. The third kappa shape index (κ3) is 4.15. The molecular formula is C38H28N2. The number of fused-ring (bicyclic) bond motifs is 2. The summed E-state index contributed by atoms with van der Waals surface area (Å²) in [5, 5.41) is 5.02. The van der Waals surface area contributed by atoms with E-state index in [4.69, 9.17) is 0 Å². The van der Waals surface area contributed by atoms with E-state index in [-0.39, 0.29) is 0 Å². The predicted molar refractivity (Wildman–Crippen MR) is 168 cm³/mol. The molecule has 2 heterocycles. The van der Waals surface area contributed by atoms with E-state index in [1.165, 1.54) is 66.1 Å². The van der Waals surface area contributed by atoms with Crippen molar-refractivity contribution in [1.29, 1.82) is 0 Å². The number of nitrogens with zero attached hydrogens (tertiary/aromatic N) is 2. The van der Waals surface area contributed by atoms with E-state index in [0.717, 1.165) is 11.3 Å². The van der Waals surface area contributed by atoms with Gasteiger partial charge >= 0.3 is 0 Å². The molecule has 0 radical (unpaired) electrons. The molecule has 2 nitrogen and oxygen atoms in total. The van der Waals surface area contributed by atoms with Gasteiger partial charge in [0.15, 0.2) is 0 Å². The van der Waals surface area contributed by atoms with Crippen molar-refractivity contribution >= 4 is 21.5 Å². The van der Waals surface area contributed by atoms with Gasteiger partial charge in [-0.15, -0.1) is 0 Å². The first kappa shape index (κ1) is 24.0. The standard InChI is InChI=1S/C38H28N2/c1-25-23-39-21-20-32(25)29-8-7-9-30(22-29)38-35-12-5-3-10-33(35)37(34-11-4-6-13-36(34)38)28-18-16-27(17-19-28)31-15-14-26(2)40-24-31/h3-24H,1-2H3. The molecule has 2 aromatic heterocycles. The molecule has 5 aromatic carbocycles. The monoisotopic (exact) mass is 512 g/mol. The summed E-state index contributed by atoms with van der Waals surface area (Å²) in [5.41, 5.74) is 11.9. The first-order valence-electron chi connectivity index (χ1n) is 13.7. The molecule has 0 aliphatic heterocycles. The topological polar surface area (TPSA) is 25.8 Å². The number of benzene rings is 5. The third-order valence-electron chi connectivity index (χ3n) is 7.83. The number of rotatable bonds is 4. The fourth-order valence-electron chi connectivity index (χ4n) is 5.86. The van der Waals surface area contributed by atoms with Crippen LogP contribution in [0.25, 0.3) is 66.1 Å². The Kier molecular flexibility index (Phi) is 5.94. The van der Waals surface area contributed by atoms with E-state index >= 15 is 0 Å². The minimum Gasteiger partial charge on any atom is -0.264 e. The molecule has 0 unspecified atom stereocenters. The van der Waals surface area contributed by atoms with E-state index < -0.39 is 0 Å². The third-order valence-corrected chi connectivity index (χ3v) is 7.83. The van der Waals surface area contributed by atoms with Crippen molar-refractivity contribution < 1.29 is 0 Å². The van der Waals surface area contributed by atoms with Gasteiger partial charge in [0.25, 0.3) is 0 Å². The van der Waals surface area contributed by atoms with E-state index in [2.05, 4.69) is 132 Å². The van der Waals surface area contributed by atoms with Gasteiger partial charge in [-0.2, -0.15) is 0 Å². The van der Waals surface area contributed by atoms with Crippen LogP contribution in [0.15, 0.2) is 134 Å². The van der Waals surface area contributed by atoms with Gasteiger partial charge in [0, 0.05) is 29.8 Å². The summed E-state index contributed by atoms with van der Waals surface area (Å²) >= 11 is 0. The molecule has 0 N–H and O–H groups in total.